The number of ether oxygens (including phenoxy) is 1. The van der Waals surface area contributed by atoms with Crippen molar-refractivity contribution >= 4 is 54.7 Å². The topological polar surface area (TPSA) is 119 Å². The minimum absolute atomic E-state index is 0.0187. The van der Waals surface area contributed by atoms with Crippen molar-refractivity contribution < 1.29 is 26.4 Å². The van der Waals surface area contributed by atoms with Gasteiger partial charge in [0.05, 0.1) is 26.9 Å². The number of rotatable bonds is 9. The fourth-order valence-corrected chi connectivity index (χ4v) is 5.55. The lowest BCUT2D eigenvalue weighted by Gasteiger charge is -2.16. The summed E-state index contributed by atoms with van der Waals surface area (Å²) < 4.78 is 57.0. The first kappa shape index (κ1) is 26.8. The molecule has 1 atom stereocenters. The van der Waals surface area contributed by atoms with Crippen LogP contribution in [0.3, 0.4) is 0 Å². The third-order valence-electron chi connectivity index (χ3n) is 4.60. The van der Waals surface area contributed by atoms with E-state index in [1.165, 1.54) is 49.4 Å². The molecule has 0 aromatic heterocycles. The van der Waals surface area contributed by atoms with Crippen molar-refractivity contribution in [3.05, 3.63) is 82.3 Å². The zero-order valence-electron chi connectivity index (χ0n) is 18.7. The third-order valence-corrected chi connectivity index (χ3v) is 7.63. The highest BCUT2D eigenvalue weighted by atomic mass is 35.5. The van der Waals surface area contributed by atoms with E-state index in [-0.39, 0.29) is 26.9 Å². The number of para-hydroxylation sites is 1. The number of hydrogen-bond donors (Lipinski definition) is 2. The number of nitrogens with one attached hydrogen (secondary N) is 2. The maximum atomic E-state index is 13.0. The number of halogens is 2. The van der Waals surface area contributed by atoms with Crippen LogP contribution in [0.25, 0.3) is 0 Å². The lowest BCUT2D eigenvalue weighted by atomic mass is 10.1. The van der Waals surface area contributed by atoms with Crippen molar-refractivity contribution in [1.82, 2.24) is 5.32 Å². The summed E-state index contributed by atoms with van der Waals surface area (Å²) in [5.74, 6) is -0.152. The molecule has 0 unspecified atom stereocenters. The van der Waals surface area contributed by atoms with Crippen LogP contribution >= 0.6 is 23.2 Å². The molecule has 35 heavy (non-hydrogen) atoms. The Morgan fingerprint density at radius 1 is 0.971 bits per heavy atom. The minimum Gasteiger partial charge on any atom is -0.456 e. The molecule has 0 fully saturated rings. The molecular weight excluding hydrogens is 535 g/mol. The van der Waals surface area contributed by atoms with Crippen molar-refractivity contribution in [3.63, 3.8) is 0 Å². The average Bonchev–Trinajstić information content (AvgIpc) is 2.75. The quantitative estimate of drug-likeness (QED) is 0.392. The SMILES string of the molecule is C[C@@H](CS(C)(=O)=O)NC(=O)c1cc(Cl)ccc1NS(=O)(=O)c1ccc(Oc2ccccc2Cl)cc1. The molecule has 0 saturated heterocycles. The van der Waals surface area contributed by atoms with Gasteiger partial charge in [-0.1, -0.05) is 35.3 Å². The van der Waals surface area contributed by atoms with Crippen LogP contribution in [0.4, 0.5) is 5.69 Å². The highest BCUT2D eigenvalue weighted by Gasteiger charge is 2.21. The van der Waals surface area contributed by atoms with E-state index in [0.29, 0.717) is 16.5 Å². The summed E-state index contributed by atoms with van der Waals surface area (Å²) in [6.45, 7) is 1.53. The fourth-order valence-electron chi connectivity index (χ4n) is 3.14. The third kappa shape index (κ3) is 7.60. The highest BCUT2D eigenvalue weighted by molar-refractivity contribution is 7.92. The Bertz CT molecular complexity index is 1440. The first-order valence-electron chi connectivity index (χ1n) is 10.2. The standard InChI is InChI=1S/C23H22Cl2N2O6S2/c1-15(14-34(2,29)30)26-23(28)19-13-16(24)7-12-21(19)27-35(31,32)18-10-8-17(9-11-18)33-22-6-4-3-5-20(22)25/h3-13,15,27H,14H2,1-2H3,(H,26,28)/t15-/m0/s1. The monoisotopic (exact) mass is 556 g/mol. The molecule has 0 radical (unpaired) electrons. The average molecular weight is 557 g/mol. The number of amides is 1. The van der Waals surface area contributed by atoms with Gasteiger partial charge in [-0.15, -0.1) is 0 Å². The molecule has 0 heterocycles. The van der Waals surface area contributed by atoms with Gasteiger partial charge in [-0.2, -0.15) is 0 Å². The van der Waals surface area contributed by atoms with E-state index in [9.17, 15) is 21.6 Å². The molecule has 0 saturated carbocycles. The van der Waals surface area contributed by atoms with E-state index in [1.54, 1.807) is 24.3 Å². The molecule has 0 spiro atoms. The Morgan fingerprint density at radius 2 is 1.63 bits per heavy atom. The minimum atomic E-state index is -4.09. The Balaban J connectivity index is 1.80. The molecule has 3 aromatic rings. The van der Waals surface area contributed by atoms with Crippen LogP contribution in [0.15, 0.2) is 71.6 Å². The van der Waals surface area contributed by atoms with Crippen LogP contribution < -0.4 is 14.8 Å². The van der Waals surface area contributed by atoms with Gasteiger partial charge in [0.25, 0.3) is 15.9 Å². The Labute approximate surface area is 214 Å². The maximum Gasteiger partial charge on any atom is 0.261 e. The van der Waals surface area contributed by atoms with E-state index in [1.807, 2.05) is 0 Å². The van der Waals surface area contributed by atoms with Gasteiger partial charge in [0.15, 0.2) is 0 Å². The van der Waals surface area contributed by atoms with Gasteiger partial charge in [0.1, 0.15) is 21.3 Å². The van der Waals surface area contributed by atoms with Gasteiger partial charge >= 0.3 is 0 Å². The van der Waals surface area contributed by atoms with E-state index in [4.69, 9.17) is 27.9 Å². The number of carbonyl (C=O) groups excluding carboxylic acids is 1. The number of anilines is 1. The lowest BCUT2D eigenvalue weighted by molar-refractivity contribution is 0.0944. The predicted molar refractivity (Wildman–Crippen MR) is 137 cm³/mol. The second-order valence-corrected chi connectivity index (χ2v) is 12.5. The molecule has 0 aliphatic heterocycles. The van der Waals surface area contributed by atoms with Gasteiger partial charge in [-0.05, 0) is 61.5 Å². The summed E-state index contributed by atoms with van der Waals surface area (Å²) in [7, 11) is -7.42. The lowest BCUT2D eigenvalue weighted by Crippen LogP contribution is -2.37. The number of sulfonamides is 1. The van der Waals surface area contributed by atoms with Crippen molar-refractivity contribution in [2.24, 2.45) is 0 Å². The molecule has 1 amide bonds. The van der Waals surface area contributed by atoms with Gasteiger partial charge < -0.3 is 10.1 Å². The maximum absolute atomic E-state index is 13.0. The smallest absolute Gasteiger partial charge is 0.261 e. The second-order valence-electron chi connectivity index (χ2n) is 7.77. The van der Waals surface area contributed by atoms with Crippen LogP contribution in [0, 0.1) is 0 Å². The van der Waals surface area contributed by atoms with Crippen molar-refractivity contribution in [2.45, 2.75) is 17.9 Å². The van der Waals surface area contributed by atoms with Crippen molar-refractivity contribution in [1.29, 1.82) is 0 Å². The molecule has 12 heteroatoms. The highest BCUT2D eigenvalue weighted by Crippen LogP contribution is 2.30. The normalized spacial score (nSPS) is 12.6. The van der Waals surface area contributed by atoms with Gasteiger partial charge in [0, 0.05) is 17.3 Å². The Morgan fingerprint density at radius 3 is 2.26 bits per heavy atom. The van der Waals surface area contributed by atoms with E-state index < -0.39 is 31.8 Å². The van der Waals surface area contributed by atoms with Crippen LogP contribution in [0.5, 0.6) is 11.5 Å². The molecule has 0 aliphatic carbocycles. The Kier molecular flexibility index (Phi) is 8.32. The van der Waals surface area contributed by atoms with E-state index in [2.05, 4.69) is 10.0 Å². The fraction of sp³-hybridized carbons (Fsp3) is 0.174. The largest absolute Gasteiger partial charge is 0.456 e. The van der Waals surface area contributed by atoms with E-state index >= 15 is 0 Å². The number of hydrogen-bond acceptors (Lipinski definition) is 6. The summed E-state index contributed by atoms with van der Waals surface area (Å²) in [5, 5.41) is 3.15. The first-order valence-corrected chi connectivity index (χ1v) is 14.5. The van der Waals surface area contributed by atoms with Crippen LogP contribution in [-0.2, 0) is 19.9 Å². The Hall–Kier alpha value is -2.79. The number of carbonyl (C=O) groups is 1. The predicted octanol–water partition coefficient (Wildman–Crippen LogP) is 4.75. The molecule has 8 nitrogen and oxygen atoms in total. The molecule has 186 valence electrons. The van der Waals surface area contributed by atoms with Gasteiger partial charge in [-0.3, -0.25) is 9.52 Å². The van der Waals surface area contributed by atoms with Crippen LogP contribution in [0.2, 0.25) is 10.0 Å². The zero-order chi connectivity index (χ0) is 25.8. The zero-order valence-corrected chi connectivity index (χ0v) is 21.8. The van der Waals surface area contributed by atoms with Crippen molar-refractivity contribution in [2.75, 3.05) is 16.7 Å². The summed E-state index contributed by atoms with van der Waals surface area (Å²) in [4.78, 5) is 12.7. The summed E-state index contributed by atoms with van der Waals surface area (Å²) >= 11 is 12.1. The summed E-state index contributed by atoms with van der Waals surface area (Å²) in [6, 6.07) is 15.9. The van der Waals surface area contributed by atoms with Gasteiger partial charge in [-0.25, -0.2) is 16.8 Å². The molecule has 3 aromatic carbocycles. The second kappa shape index (κ2) is 10.9. The first-order chi connectivity index (χ1) is 16.3. The number of sulfone groups is 1. The van der Waals surface area contributed by atoms with E-state index in [0.717, 1.165) is 6.26 Å². The van der Waals surface area contributed by atoms with Crippen LogP contribution in [0.1, 0.15) is 17.3 Å². The number of benzene rings is 3. The molecular formula is C23H22Cl2N2O6S2. The van der Waals surface area contributed by atoms with Crippen molar-refractivity contribution in [3.8, 4) is 11.5 Å². The van der Waals surface area contributed by atoms with Gasteiger partial charge in [0.2, 0.25) is 0 Å². The molecule has 0 bridgehead atoms. The molecule has 3 rings (SSSR count). The van der Waals surface area contributed by atoms with Crippen LogP contribution in [-0.4, -0.2) is 40.8 Å². The molecule has 0 aliphatic rings. The summed E-state index contributed by atoms with van der Waals surface area (Å²) in [5.41, 5.74) is -0.0741. The summed E-state index contributed by atoms with van der Waals surface area (Å²) in [6.07, 6.45) is 1.05. The molecule has 2 N–H and O–H groups in total.